The zero-order chi connectivity index (χ0) is 19.1. The standard InChI is InChI=1S/C21H35N3O2/c1-15(2)14-24-12-10-19(11-13-24)23-21(25)22-17(5)18-6-8-20(9-7-18)26-16(3)4/h6-9,15-17,19H,10-14H2,1-5H3,(H2,22,23,25). The van der Waals surface area contributed by atoms with Gasteiger partial charge in [0, 0.05) is 25.7 Å². The van der Waals surface area contributed by atoms with Gasteiger partial charge in [-0.1, -0.05) is 26.0 Å². The van der Waals surface area contributed by atoms with Gasteiger partial charge in [0.25, 0.3) is 0 Å². The fraction of sp³-hybridized carbons (Fsp3) is 0.667. The first-order valence-corrected chi connectivity index (χ1v) is 9.89. The maximum Gasteiger partial charge on any atom is 0.315 e. The molecule has 1 aromatic carbocycles. The lowest BCUT2D eigenvalue weighted by atomic mass is 10.0. The summed E-state index contributed by atoms with van der Waals surface area (Å²) in [6, 6.07) is 8.07. The molecule has 1 heterocycles. The Hall–Kier alpha value is -1.75. The number of nitrogens with one attached hydrogen (secondary N) is 2. The molecule has 0 radical (unpaired) electrons. The zero-order valence-electron chi connectivity index (χ0n) is 16.9. The second-order valence-electron chi connectivity index (χ2n) is 8.04. The zero-order valence-corrected chi connectivity index (χ0v) is 16.9. The highest BCUT2D eigenvalue weighted by atomic mass is 16.5. The number of carbonyl (C=O) groups is 1. The topological polar surface area (TPSA) is 53.6 Å². The van der Waals surface area contributed by atoms with Crippen molar-refractivity contribution in [3.63, 3.8) is 0 Å². The van der Waals surface area contributed by atoms with Crippen molar-refractivity contribution in [2.45, 2.75) is 65.6 Å². The van der Waals surface area contributed by atoms with E-state index in [-0.39, 0.29) is 24.2 Å². The normalized spacial score (nSPS) is 17.3. The SMILES string of the molecule is CC(C)CN1CCC(NC(=O)NC(C)c2ccc(OC(C)C)cc2)CC1. The van der Waals surface area contributed by atoms with Crippen LogP contribution in [0.25, 0.3) is 0 Å². The molecule has 0 saturated carbocycles. The van der Waals surface area contributed by atoms with Crippen LogP contribution in [0.15, 0.2) is 24.3 Å². The Bertz CT molecular complexity index is 549. The van der Waals surface area contributed by atoms with Crippen LogP contribution in [-0.4, -0.2) is 42.7 Å². The molecule has 0 spiro atoms. The van der Waals surface area contributed by atoms with Crippen LogP contribution in [0.2, 0.25) is 0 Å². The number of piperidine rings is 1. The van der Waals surface area contributed by atoms with Gasteiger partial charge in [-0.3, -0.25) is 0 Å². The maximum atomic E-state index is 12.3. The van der Waals surface area contributed by atoms with Gasteiger partial charge in [-0.2, -0.15) is 0 Å². The fourth-order valence-corrected chi connectivity index (χ4v) is 3.39. The van der Waals surface area contributed by atoms with Crippen molar-refractivity contribution in [2.75, 3.05) is 19.6 Å². The molecule has 1 aromatic rings. The Labute approximate surface area is 158 Å². The second kappa shape index (κ2) is 9.81. The van der Waals surface area contributed by atoms with Crippen molar-refractivity contribution in [1.29, 1.82) is 0 Å². The Morgan fingerprint density at radius 1 is 1.12 bits per heavy atom. The van der Waals surface area contributed by atoms with Crippen molar-refractivity contribution in [2.24, 2.45) is 5.92 Å². The van der Waals surface area contributed by atoms with Crippen LogP contribution in [0.5, 0.6) is 5.75 Å². The van der Waals surface area contributed by atoms with Gasteiger partial charge in [0.1, 0.15) is 5.75 Å². The van der Waals surface area contributed by atoms with E-state index in [0.717, 1.165) is 43.8 Å². The maximum absolute atomic E-state index is 12.3. The molecule has 2 amide bonds. The highest BCUT2D eigenvalue weighted by Gasteiger charge is 2.21. The third-order valence-corrected chi connectivity index (χ3v) is 4.65. The molecule has 0 bridgehead atoms. The van der Waals surface area contributed by atoms with Gasteiger partial charge in [0.2, 0.25) is 0 Å². The number of ether oxygens (including phenoxy) is 1. The molecule has 2 N–H and O–H groups in total. The van der Waals surface area contributed by atoms with Crippen LogP contribution in [0.3, 0.4) is 0 Å². The highest BCUT2D eigenvalue weighted by Crippen LogP contribution is 2.19. The minimum atomic E-state index is -0.0812. The lowest BCUT2D eigenvalue weighted by Gasteiger charge is -2.33. The lowest BCUT2D eigenvalue weighted by Crippen LogP contribution is -2.48. The summed E-state index contributed by atoms with van der Waals surface area (Å²) in [6.07, 6.45) is 2.21. The Balaban J connectivity index is 1.75. The van der Waals surface area contributed by atoms with Crippen molar-refractivity contribution >= 4 is 6.03 Å². The Kier molecular flexibility index (Phi) is 7.76. The molecule has 0 aromatic heterocycles. The third kappa shape index (κ3) is 6.87. The highest BCUT2D eigenvalue weighted by molar-refractivity contribution is 5.74. The number of nitrogens with zero attached hydrogens (tertiary/aromatic N) is 1. The lowest BCUT2D eigenvalue weighted by molar-refractivity contribution is 0.177. The predicted molar refractivity (Wildman–Crippen MR) is 107 cm³/mol. The van der Waals surface area contributed by atoms with Gasteiger partial charge in [0.05, 0.1) is 12.1 Å². The average Bonchev–Trinajstić information content (AvgIpc) is 2.56. The van der Waals surface area contributed by atoms with Gasteiger partial charge >= 0.3 is 6.03 Å². The van der Waals surface area contributed by atoms with Crippen LogP contribution in [0.4, 0.5) is 4.79 Å². The van der Waals surface area contributed by atoms with Crippen molar-refractivity contribution in [3.05, 3.63) is 29.8 Å². The quantitative estimate of drug-likeness (QED) is 0.773. The number of hydrogen-bond acceptors (Lipinski definition) is 3. The first kappa shape index (κ1) is 20.6. The fourth-order valence-electron chi connectivity index (χ4n) is 3.39. The van der Waals surface area contributed by atoms with Gasteiger partial charge in [-0.25, -0.2) is 4.79 Å². The summed E-state index contributed by atoms with van der Waals surface area (Å²) >= 11 is 0. The summed E-state index contributed by atoms with van der Waals surface area (Å²) in [6.45, 7) is 13.8. The molecule has 1 aliphatic heterocycles. The molecule has 1 atom stereocenters. The summed E-state index contributed by atoms with van der Waals surface area (Å²) in [4.78, 5) is 14.8. The molecule has 1 saturated heterocycles. The van der Waals surface area contributed by atoms with E-state index in [9.17, 15) is 4.79 Å². The van der Waals surface area contributed by atoms with Crippen LogP contribution in [0.1, 0.15) is 59.1 Å². The molecule has 26 heavy (non-hydrogen) atoms. The van der Waals surface area contributed by atoms with E-state index in [1.807, 2.05) is 45.0 Å². The predicted octanol–water partition coefficient (Wildman–Crippen LogP) is 3.95. The molecule has 1 aliphatic rings. The number of benzene rings is 1. The van der Waals surface area contributed by atoms with Gasteiger partial charge < -0.3 is 20.3 Å². The van der Waals surface area contributed by atoms with Crippen molar-refractivity contribution < 1.29 is 9.53 Å². The van der Waals surface area contributed by atoms with E-state index in [1.54, 1.807) is 0 Å². The van der Waals surface area contributed by atoms with E-state index in [1.165, 1.54) is 0 Å². The summed E-state index contributed by atoms with van der Waals surface area (Å²) in [7, 11) is 0. The smallest absolute Gasteiger partial charge is 0.315 e. The van der Waals surface area contributed by atoms with E-state index in [4.69, 9.17) is 4.74 Å². The van der Waals surface area contributed by atoms with E-state index >= 15 is 0 Å². The van der Waals surface area contributed by atoms with Gasteiger partial charge in [-0.05, 0) is 57.2 Å². The number of urea groups is 1. The van der Waals surface area contributed by atoms with Crippen molar-refractivity contribution in [1.82, 2.24) is 15.5 Å². The van der Waals surface area contributed by atoms with Gasteiger partial charge in [-0.15, -0.1) is 0 Å². The minimum absolute atomic E-state index is 0.0378. The molecule has 2 rings (SSSR count). The first-order chi connectivity index (χ1) is 12.3. The largest absolute Gasteiger partial charge is 0.491 e. The summed E-state index contributed by atoms with van der Waals surface area (Å²) in [5.41, 5.74) is 1.07. The molecule has 5 nitrogen and oxygen atoms in total. The van der Waals surface area contributed by atoms with E-state index in [0.29, 0.717) is 5.92 Å². The number of amides is 2. The Morgan fingerprint density at radius 2 is 1.73 bits per heavy atom. The third-order valence-electron chi connectivity index (χ3n) is 4.65. The number of hydrogen-bond donors (Lipinski definition) is 2. The molecule has 1 fully saturated rings. The summed E-state index contributed by atoms with van der Waals surface area (Å²) in [5.74, 6) is 1.55. The molecule has 1 unspecified atom stereocenters. The first-order valence-electron chi connectivity index (χ1n) is 9.89. The monoisotopic (exact) mass is 361 g/mol. The van der Waals surface area contributed by atoms with Gasteiger partial charge in [0.15, 0.2) is 0 Å². The summed E-state index contributed by atoms with van der Waals surface area (Å²) < 4.78 is 5.66. The van der Waals surface area contributed by atoms with Crippen LogP contribution in [-0.2, 0) is 0 Å². The second-order valence-corrected chi connectivity index (χ2v) is 8.04. The number of rotatable bonds is 7. The molecule has 146 valence electrons. The number of likely N-dealkylation sites (tertiary alicyclic amines) is 1. The van der Waals surface area contributed by atoms with Crippen LogP contribution >= 0.6 is 0 Å². The molecule has 0 aliphatic carbocycles. The average molecular weight is 362 g/mol. The van der Waals surface area contributed by atoms with Crippen LogP contribution in [0, 0.1) is 5.92 Å². The summed E-state index contributed by atoms with van der Waals surface area (Å²) in [5, 5.41) is 6.17. The van der Waals surface area contributed by atoms with E-state index < -0.39 is 0 Å². The van der Waals surface area contributed by atoms with Crippen LogP contribution < -0.4 is 15.4 Å². The molecular formula is C21H35N3O2. The Morgan fingerprint density at radius 3 is 2.27 bits per heavy atom. The van der Waals surface area contributed by atoms with Crippen molar-refractivity contribution in [3.8, 4) is 5.75 Å². The minimum Gasteiger partial charge on any atom is -0.491 e. The number of carbonyl (C=O) groups excluding carboxylic acids is 1. The molecule has 5 heteroatoms. The van der Waals surface area contributed by atoms with E-state index in [2.05, 4.69) is 29.4 Å². The molecular weight excluding hydrogens is 326 g/mol.